The van der Waals surface area contributed by atoms with E-state index in [1.54, 1.807) is 31.6 Å². The van der Waals surface area contributed by atoms with Crippen molar-refractivity contribution >= 4 is 44.6 Å². The summed E-state index contributed by atoms with van der Waals surface area (Å²) in [7, 11) is -2.50. The number of aryl methyl sites for hydroxylation is 3. The lowest BCUT2D eigenvalue weighted by Crippen LogP contribution is -2.29. The van der Waals surface area contributed by atoms with Gasteiger partial charge in [0.05, 0.1) is 10.7 Å². The van der Waals surface area contributed by atoms with Gasteiger partial charge in [-0.05, 0) is 49.8 Å². The summed E-state index contributed by atoms with van der Waals surface area (Å²) >= 11 is 6.03. The maximum absolute atomic E-state index is 12.5. The minimum Gasteiger partial charge on any atom is -0.507 e. The van der Waals surface area contributed by atoms with Crippen molar-refractivity contribution < 1.29 is 18.3 Å². The fourth-order valence-electron chi connectivity index (χ4n) is 3.55. The number of carbonyl (C=O) groups is 1. The molecule has 0 saturated carbocycles. The van der Waals surface area contributed by atoms with Crippen LogP contribution in [0.3, 0.4) is 0 Å². The van der Waals surface area contributed by atoms with Crippen molar-refractivity contribution in [2.24, 2.45) is 7.05 Å². The predicted molar refractivity (Wildman–Crippen MR) is 125 cm³/mol. The molecule has 4 rings (SSSR count). The molecule has 1 aromatic carbocycles. The first-order chi connectivity index (χ1) is 15.6. The molecular weight excluding hydrogens is 466 g/mol. The van der Waals surface area contributed by atoms with Crippen molar-refractivity contribution in [1.82, 2.24) is 24.1 Å². The number of rotatable bonds is 5. The number of halogens is 1. The molecule has 33 heavy (non-hydrogen) atoms. The maximum atomic E-state index is 12.5. The van der Waals surface area contributed by atoms with Gasteiger partial charge in [-0.1, -0.05) is 17.7 Å². The fraction of sp³-hybridized carbons (Fsp3) is 0.136. The van der Waals surface area contributed by atoms with Crippen LogP contribution >= 0.6 is 11.6 Å². The summed E-state index contributed by atoms with van der Waals surface area (Å²) in [6, 6.07) is 7.73. The number of pyridine rings is 1. The number of nitrogens with one attached hydrogen (secondary N) is 1. The lowest BCUT2D eigenvalue weighted by molar-refractivity contribution is -0.114. The summed E-state index contributed by atoms with van der Waals surface area (Å²) in [6.07, 6.45) is 5.94. The van der Waals surface area contributed by atoms with E-state index in [-0.39, 0.29) is 4.90 Å². The van der Waals surface area contributed by atoms with Crippen LogP contribution < -0.4 is 4.72 Å². The van der Waals surface area contributed by atoms with E-state index < -0.39 is 21.7 Å². The summed E-state index contributed by atoms with van der Waals surface area (Å²) in [5, 5.41) is 15.7. The molecule has 11 heteroatoms. The quantitative estimate of drug-likeness (QED) is 0.419. The minimum atomic E-state index is -4.25. The Labute approximate surface area is 195 Å². The molecule has 1 amide bonds. The molecule has 0 spiro atoms. The number of phenolic OH excluding ortho intramolecular Hbond substituents is 1. The SMILES string of the molecule is Cc1ccc(S(=O)(=O)NC(=O)C=Cc2c(C)nn(C)c2-n2ccc3cc(Cl)cnc32)c(O)c1. The number of fused-ring (bicyclic) bond motifs is 1. The van der Waals surface area contributed by atoms with E-state index in [1.807, 2.05) is 21.6 Å². The van der Waals surface area contributed by atoms with Gasteiger partial charge in [-0.15, -0.1) is 0 Å². The first-order valence-corrected chi connectivity index (χ1v) is 11.6. The summed E-state index contributed by atoms with van der Waals surface area (Å²) in [4.78, 5) is 16.4. The number of sulfonamides is 1. The molecule has 0 saturated heterocycles. The molecule has 170 valence electrons. The number of aromatic nitrogens is 4. The second kappa shape index (κ2) is 8.38. The van der Waals surface area contributed by atoms with Crippen molar-refractivity contribution in [3.8, 4) is 11.6 Å². The standard InChI is InChI=1S/C22H20ClN5O4S/c1-13-4-6-19(18(29)10-13)33(31,32)26-20(30)7-5-17-14(2)25-27(3)22(17)28-9-8-15-11-16(23)12-24-21(15)28/h4-12,29H,1-3H3,(H,26,30). The molecule has 0 atom stereocenters. The number of nitrogens with zero attached hydrogens (tertiary/aromatic N) is 4. The van der Waals surface area contributed by atoms with Gasteiger partial charge in [0.25, 0.3) is 15.9 Å². The fourth-order valence-corrected chi connectivity index (χ4v) is 4.74. The third kappa shape index (κ3) is 4.35. The Hall–Kier alpha value is -3.63. The van der Waals surface area contributed by atoms with Gasteiger partial charge in [-0.25, -0.2) is 18.1 Å². The average Bonchev–Trinajstić information content (AvgIpc) is 3.24. The number of carbonyl (C=O) groups excluding carboxylic acids is 1. The molecule has 3 heterocycles. The van der Waals surface area contributed by atoms with Crippen LogP contribution in [0.4, 0.5) is 0 Å². The highest BCUT2D eigenvalue weighted by molar-refractivity contribution is 7.90. The highest BCUT2D eigenvalue weighted by Crippen LogP contribution is 2.26. The van der Waals surface area contributed by atoms with Crippen LogP contribution in [0.5, 0.6) is 5.75 Å². The van der Waals surface area contributed by atoms with Gasteiger partial charge >= 0.3 is 0 Å². The molecule has 0 aliphatic heterocycles. The zero-order valence-electron chi connectivity index (χ0n) is 17.9. The third-order valence-electron chi connectivity index (χ3n) is 5.00. The molecule has 3 aromatic heterocycles. The zero-order valence-corrected chi connectivity index (χ0v) is 19.5. The van der Waals surface area contributed by atoms with Crippen LogP contribution in [-0.4, -0.2) is 38.8 Å². The van der Waals surface area contributed by atoms with Crippen molar-refractivity contribution in [3.63, 3.8) is 0 Å². The molecule has 9 nitrogen and oxygen atoms in total. The largest absolute Gasteiger partial charge is 0.507 e. The van der Waals surface area contributed by atoms with E-state index in [1.165, 1.54) is 30.5 Å². The van der Waals surface area contributed by atoms with E-state index in [0.29, 0.717) is 33.3 Å². The van der Waals surface area contributed by atoms with Crippen molar-refractivity contribution in [2.75, 3.05) is 0 Å². The summed E-state index contributed by atoms with van der Waals surface area (Å²) < 4.78 is 30.4. The van der Waals surface area contributed by atoms with Crippen LogP contribution in [0.25, 0.3) is 22.9 Å². The first-order valence-electron chi connectivity index (χ1n) is 9.78. The van der Waals surface area contributed by atoms with Crippen LogP contribution in [0.2, 0.25) is 5.02 Å². The Morgan fingerprint density at radius 2 is 1.97 bits per heavy atom. The van der Waals surface area contributed by atoms with Crippen LogP contribution in [0, 0.1) is 13.8 Å². The first kappa shape index (κ1) is 22.6. The molecule has 0 aliphatic rings. The number of hydrogen-bond donors (Lipinski definition) is 2. The van der Waals surface area contributed by atoms with Crippen molar-refractivity contribution in [3.05, 3.63) is 70.6 Å². The number of benzene rings is 1. The Kier molecular flexibility index (Phi) is 5.73. The third-order valence-corrected chi connectivity index (χ3v) is 6.60. The van der Waals surface area contributed by atoms with Gasteiger partial charge in [0.15, 0.2) is 0 Å². The van der Waals surface area contributed by atoms with Crippen LogP contribution in [0.15, 0.2) is 53.7 Å². The molecule has 0 aliphatic carbocycles. The number of aromatic hydroxyl groups is 1. The Morgan fingerprint density at radius 1 is 1.21 bits per heavy atom. The van der Waals surface area contributed by atoms with E-state index in [9.17, 15) is 18.3 Å². The molecule has 0 bridgehead atoms. The lowest BCUT2D eigenvalue weighted by Gasteiger charge is -2.08. The van der Waals surface area contributed by atoms with Gasteiger partial charge in [-0.2, -0.15) is 5.10 Å². The summed E-state index contributed by atoms with van der Waals surface area (Å²) in [6.45, 7) is 3.49. The Balaban J connectivity index is 1.66. The lowest BCUT2D eigenvalue weighted by atomic mass is 10.2. The molecular formula is C22H20ClN5O4S. The molecule has 2 N–H and O–H groups in total. The summed E-state index contributed by atoms with van der Waals surface area (Å²) in [5.74, 6) is -0.663. The normalized spacial score (nSPS) is 12.0. The van der Waals surface area contributed by atoms with Gasteiger partial charge in [0.2, 0.25) is 0 Å². The molecule has 4 aromatic rings. The summed E-state index contributed by atoms with van der Waals surface area (Å²) in [5.41, 5.74) is 2.58. The van der Waals surface area contributed by atoms with Crippen LogP contribution in [-0.2, 0) is 21.9 Å². The smallest absolute Gasteiger partial charge is 0.267 e. The van der Waals surface area contributed by atoms with Crippen molar-refractivity contribution in [1.29, 1.82) is 0 Å². The Morgan fingerprint density at radius 3 is 2.70 bits per heavy atom. The highest BCUT2D eigenvalue weighted by atomic mass is 35.5. The Bertz CT molecular complexity index is 1540. The molecule has 0 unspecified atom stereocenters. The molecule has 0 radical (unpaired) electrons. The number of amides is 1. The number of hydrogen-bond acceptors (Lipinski definition) is 6. The second-order valence-corrected chi connectivity index (χ2v) is 9.56. The second-order valence-electron chi connectivity index (χ2n) is 7.47. The van der Waals surface area contributed by atoms with Crippen LogP contribution in [0.1, 0.15) is 16.8 Å². The van der Waals surface area contributed by atoms with E-state index >= 15 is 0 Å². The van der Waals surface area contributed by atoms with E-state index in [2.05, 4.69) is 10.1 Å². The predicted octanol–water partition coefficient (Wildman–Crippen LogP) is 3.25. The van der Waals surface area contributed by atoms with E-state index in [4.69, 9.17) is 11.6 Å². The number of phenols is 1. The monoisotopic (exact) mass is 485 g/mol. The topological polar surface area (TPSA) is 119 Å². The zero-order chi connectivity index (χ0) is 23.9. The van der Waals surface area contributed by atoms with Gasteiger partial charge < -0.3 is 5.11 Å². The highest BCUT2D eigenvalue weighted by Gasteiger charge is 2.21. The average molecular weight is 486 g/mol. The minimum absolute atomic E-state index is 0.378. The van der Waals surface area contributed by atoms with E-state index in [0.717, 1.165) is 11.5 Å². The maximum Gasteiger partial charge on any atom is 0.267 e. The van der Waals surface area contributed by atoms with Crippen molar-refractivity contribution in [2.45, 2.75) is 18.7 Å². The van der Waals surface area contributed by atoms with Gasteiger partial charge in [0.1, 0.15) is 22.1 Å². The molecule has 0 fully saturated rings. The van der Waals surface area contributed by atoms with Gasteiger partial charge in [0, 0.05) is 36.5 Å². The van der Waals surface area contributed by atoms with Gasteiger partial charge in [-0.3, -0.25) is 14.0 Å².